The zero-order valence-corrected chi connectivity index (χ0v) is 12.7. The van der Waals surface area contributed by atoms with E-state index in [1.165, 1.54) is 12.1 Å². The molecule has 0 unspecified atom stereocenters. The third-order valence-corrected chi connectivity index (χ3v) is 3.71. The Morgan fingerprint density at radius 3 is 2.48 bits per heavy atom. The third kappa shape index (κ3) is 4.82. The molecule has 1 saturated heterocycles. The maximum Gasteiger partial charge on any atom is 0.573 e. The van der Waals surface area contributed by atoms with E-state index in [9.17, 15) is 17.6 Å². The number of nitrogens with one attached hydrogen (secondary N) is 1. The van der Waals surface area contributed by atoms with Crippen LogP contribution in [-0.4, -0.2) is 44.1 Å². The molecule has 21 heavy (non-hydrogen) atoms. The number of halogens is 5. The van der Waals surface area contributed by atoms with Crippen LogP contribution < -0.4 is 10.1 Å². The van der Waals surface area contributed by atoms with Gasteiger partial charge in [0.1, 0.15) is 12.4 Å². The highest BCUT2D eigenvalue weighted by Gasteiger charge is 2.32. The van der Waals surface area contributed by atoms with Gasteiger partial charge in [-0.25, -0.2) is 4.39 Å². The molecule has 1 fully saturated rings. The van der Waals surface area contributed by atoms with Crippen molar-refractivity contribution >= 4 is 15.9 Å². The maximum absolute atomic E-state index is 13.4. The molecule has 0 aliphatic carbocycles. The van der Waals surface area contributed by atoms with Crippen molar-refractivity contribution in [2.45, 2.75) is 12.4 Å². The summed E-state index contributed by atoms with van der Waals surface area (Å²) in [6, 6.07) is 3.50. The summed E-state index contributed by atoms with van der Waals surface area (Å²) < 4.78 is 54.7. The van der Waals surface area contributed by atoms with Crippen molar-refractivity contribution in [1.29, 1.82) is 0 Å². The number of piperazine rings is 1. The van der Waals surface area contributed by atoms with Crippen molar-refractivity contribution in [3.05, 3.63) is 28.2 Å². The number of alkyl halides is 4. The summed E-state index contributed by atoms with van der Waals surface area (Å²) in [5.74, 6) is -0.347. The van der Waals surface area contributed by atoms with Crippen LogP contribution in [0.5, 0.6) is 5.75 Å². The summed E-state index contributed by atoms with van der Waals surface area (Å²) in [6.07, 6.45) is -4.77. The molecule has 0 amide bonds. The lowest BCUT2D eigenvalue weighted by Crippen LogP contribution is -2.45. The Balaban J connectivity index is 2.23. The van der Waals surface area contributed by atoms with Gasteiger partial charge in [-0.2, -0.15) is 0 Å². The quantitative estimate of drug-likeness (QED) is 0.823. The van der Waals surface area contributed by atoms with E-state index in [2.05, 4.69) is 26.0 Å². The first-order chi connectivity index (χ1) is 9.89. The van der Waals surface area contributed by atoms with Crippen molar-refractivity contribution < 1.29 is 22.3 Å². The molecule has 3 nitrogen and oxygen atoms in total. The molecule has 0 bridgehead atoms. The largest absolute Gasteiger partial charge is 0.573 e. The van der Waals surface area contributed by atoms with Crippen LogP contribution in [0.2, 0.25) is 0 Å². The minimum atomic E-state index is -4.77. The van der Waals surface area contributed by atoms with Gasteiger partial charge in [-0.05, 0) is 23.8 Å². The van der Waals surface area contributed by atoms with Crippen molar-refractivity contribution in [1.82, 2.24) is 10.2 Å². The fourth-order valence-electron chi connectivity index (χ4n) is 2.36. The molecular weight excluding hydrogens is 356 g/mol. The van der Waals surface area contributed by atoms with Gasteiger partial charge in [0.05, 0.1) is 6.04 Å². The maximum atomic E-state index is 13.4. The molecule has 1 N–H and O–H groups in total. The average Bonchev–Trinajstić information content (AvgIpc) is 2.38. The SMILES string of the molecule is FC[C@@H](c1cc(Br)cc(OC(F)(F)F)c1)N1CCNCC1. The van der Waals surface area contributed by atoms with E-state index in [1.807, 2.05) is 4.90 Å². The van der Waals surface area contributed by atoms with Crippen LogP contribution in [0.1, 0.15) is 11.6 Å². The molecule has 0 radical (unpaired) electrons. The average molecular weight is 371 g/mol. The van der Waals surface area contributed by atoms with Gasteiger partial charge in [0.25, 0.3) is 0 Å². The molecular formula is C13H15BrF4N2O. The number of rotatable bonds is 4. The van der Waals surface area contributed by atoms with E-state index in [0.717, 1.165) is 13.1 Å². The molecule has 8 heteroatoms. The molecule has 1 atom stereocenters. The summed E-state index contributed by atoms with van der Waals surface area (Å²) in [5, 5.41) is 3.15. The van der Waals surface area contributed by atoms with Crippen LogP contribution in [0.15, 0.2) is 22.7 Å². The van der Waals surface area contributed by atoms with Gasteiger partial charge in [-0.15, -0.1) is 13.2 Å². The third-order valence-electron chi connectivity index (χ3n) is 3.25. The molecule has 1 heterocycles. The molecule has 118 valence electrons. The first kappa shape index (κ1) is 16.5. The molecule has 1 aliphatic rings. The molecule has 2 rings (SSSR count). The summed E-state index contributed by atoms with van der Waals surface area (Å²) in [6.45, 7) is 2.10. The van der Waals surface area contributed by atoms with Gasteiger partial charge < -0.3 is 10.1 Å². The van der Waals surface area contributed by atoms with Crippen LogP contribution in [0, 0.1) is 0 Å². The zero-order valence-electron chi connectivity index (χ0n) is 11.1. The molecule has 0 spiro atoms. The van der Waals surface area contributed by atoms with Crippen LogP contribution >= 0.6 is 15.9 Å². The normalized spacial score (nSPS) is 18.5. The number of nitrogens with zero attached hydrogens (tertiary/aromatic N) is 1. The smallest absolute Gasteiger partial charge is 0.406 e. The highest BCUT2D eigenvalue weighted by Crippen LogP contribution is 2.31. The lowest BCUT2D eigenvalue weighted by atomic mass is 10.1. The van der Waals surface area contributed by atoms with E-state index in [1.54, 1.807) is 6.07 Å². The lowest BCUT2D eigenvalue weighted by molar-refractivity contribution is -0.274. The van der Waals surface area contributed by atoms with Crippen molar-refractivity contribution in [3.8, 4) is 5.75 Å². The molecule has 0 aromatic heterocycles. The fourth-order valence-corrected chi connectivity index (χ4v) is 2.85. The van der Waals surface area contributed by atoms with Gasteiger partial charge in [0.15, 0.2) is 0 Å². The van der Waals surface area contributed by atoms with Crippen molar-refractivity contribution in [2.24, 2.45) is 0 Å². The van der Waals surface area contributed by atoms with E-state index in [0.29, 0.717) is 23.1 Å². The van der Waals surface area contributed by atoms with E-state index in [4.69, 9.17) is 0 Å². The summed E-state index contributed by atoms with van der Waals surface area (Å²) >= 11 is 3.14. The predicted octanol–water partition coefficient (Wildman–Crippen LogP) is 3.26. The molecule has 1 aromatic rings. The number of benzene rings is 1. The Morgan fingerprint density at radius 1 is 1.24 bits per heavy atom. The van der Waals surface area contributed by atoms with E-state index in [-0.39, 0.29) is 5.75 Å². The van der Waals surface area contributed by atoms with E-state index < -0.39 is 19.1 Å². The van der Waals surface area contributed by atoms with E-state index >= 15 is 0 Å². The Labute approximate surface area is 128 Å². The Bertz CT molecular complexity index is 478. The first-order valence-electron chi connectivity index (χ1n) is 6.46. The van der Waals surface area contributed by atoms with Gasteiger partial charge in [0, 0.05) is 30.7 Å². The molecule has 1 aromatic carbocycles. The topological polar surface area (TPSA) is 24.5 Å². The fraction of sp³-hybridized carbons (Fsp3) is 0.538. The second-order valence-corrected chi connectivity index (χ2v) is 5.64. The van der Waals surface area contributed by atoms with Crippen molar-refractivity contribution in [3.63, 3.8) is 0 Å². The van der Waals surface area contributed by atoms with Crippen LogP contribution in [0.25, 0.3) is 0 Å². The summed E-state index contributed by atoms with van der Waals surface area (Å²) in [5.41, 5.74) is 0.466. The number of hydrogen-bond acceptors (Lipinski definition) is 3. The van der Waals surface area contributed by atoms with Crippen molar-refractivity contribution in [2.75, 3.05) is 32.9 Å². The monoisotopic (exact) mass is 370 g/mol. The minimum Gasteiger partial charge on any atom is -0.406 e. The van der Waals surface area contributed by atoms with Crippen LogP contribution in [0.3, 0.4) is 0 Å². The predicted molar refractivity (Wildman–Crippen MR) is 74.0 cm³/mol. The zero-order chi connectivity index (χ0) is 15.5. The Hall–Kier alpha value is -0.860. The first-order valence-corrected chi connectivity index (χ1v) is 7.25. The molecule has 0 saturated carbocycles. The van der Waals surface area contributed by atoms with Gasteiger partial charge in [-0.1, -0.05) is 15.9 Å². The highest BCUT2D eigenvalue weighted by atomic mass is 79.9. The number of ether oxygens (including phenoxy) is 1. The van der Waals surface area contributed by atoms with Crippen LogP contribution in [0.4, 0.5) is 17.6 Å². The second-order valence-electron chi connectivity index (χ2n) is 4.72. The Kier molecular flexibility index (Phi) is 5.45. The highest BCUT2D eigenvalue weighted by molar-refractivity contribution is 9.10. The van der Waals surface area contributed by atoms with Gasteiger partial charge >= 0.3 is 6.36 Å². The standard InChI is InChI=1S/C13H15BrF4N2O/c14-10-5-9(6-11(7-10)21-13(16,17)18)12(8-15)20-3-1-19-2-4-20/h5-7,12,19H,1-4,8H2/t12-/m0/s1. The number of hydrogen-bond donors (Lipinski definition) is 1. The van der Waals surface area contributed by atoms with Crippen LogP contribution in [-0.2, 0) is 0 Å². The lowest BCUT2D eigenvalue weighted by Gasteiger charge is -2.33. The Morgan fingerprint density at radius 2 is 1.90 bits per heavy atom. The van der Waals surface area contributed by atoms with Gasteiger partial charge in [0.2, 0.25) is 0 Å². The summed E-state index contributed by atoms with van der Waals surface area (Å²) in [7, 11) is 0. The summed E-state index contributed by atoms with van der Waals surface area (Å²) in [4.78, 5) is 1.91. The van der Waals surface area contributed by atoms with Gasteiger partial charge in [-0.3, -0.25) is 4.90 Å². The molecule has 1 aliphatic heterocycles. The minimum absolute atomic E-state index is 0.347. The second kappa shape index (κ2) is 6.93.